The molecule has 22 heavy (non-hydrogen) atoms. The highest BCUT2D eigenvalue weighted by atomic mass is 16.5. The summed E-state index contributed by atoms with van der Waals surface area (Å²) >= 11 is 0. The molecular formula is C18H25NO3. The second-order valence-electron chi connectivity index (χ2n) is 7.44. The monoisotopic (exact) mass is 303 g/mol. The molecule has 2 atom stereocenters. The van der Waals surface area contributed by atoms with Crippen molar-refractivity contribution in [2.45, 2.75) is 38.5 Å². The number of carbonyl (C=O) groups excluding carboxylic acids is 1. The van der Waals surface area contributed by atoms with E-state index in [9.17, 15) is 4.79 Å². The van der Waals surface area contributed by atoms with Crippen LogP contribution in [0.3, 0.4) is 0 Å². The molecule has 3 fully saturated rings. The Kier molecular flexibility index (Phi) is 3.73. The van der Waals surface area contributed by atoms with Gasteiger partial charge in [-0.1, -0.05) is 6.42 Å². The number of hydrogen-bond acceptors (Lipinski definition) is 3. The zero-order valence-corrected chi connectivity index (χ0v) is 13.1. The van der Waals surface area contributed by atoms with E-state index in [-0.39, 0.29) is 11.3 Å². The van der Waals surface area contributed by atoms with Gasteiger partial charge in [-0.25, -0.2) is 0 Å². The third-order valence-electron chi connectivity index (χ3n) is 5.74. The summed E-state index contributed by atoms with van der Waals surface area (Å²) in [4.78, 5) is 14.6. The number of likely N-dealkylation sites (tertiary alicyclic amines) is 1. The minimum absolute atomic E-state index is 0.200. The Hall–Kier alpha value is -1.29. The van der Waals surface area contributed by atoms with E-state index in [2.05, 4.69) is 0 Å². The van der Waals surface area contributed by atoms with Crippen LogP contribution in [0.15, 0.2) is 22.8 Å². The molecule has 0 aromatic carbocycles. The number of carbonyl (C=O) groups is 1. The van der Waals surface area contributed by atoms with E-state index in [0.717, 1.165) is 38.0 Å². The molecule has 120 valence electrons. The molecule has 1 saturated heterocycles. The van der Waals surface area contributed by atoms with Crippen molar-refractivity contribution in [3.8, 4) is 0 Å². The summed E-state index contributed by atoms with van der Waals surface area (Å²) in [6.45, 7) is 3.56. The van der Waals surface area contributed by atoms with E-state index in [0.29, 0.717) is 12.3 Å². The Labute approximate surface area is 131 Å². The lowest BCUT2D eigenvalue weighted by molar-refractivity contribution is -0.130. The van der Waals surface area contributed by atoms with Crippen molar-refractivity contribution in [3.63, 3.8) is 0 Å². The summed E-state index contributed by atoms with van der Waals surface area (Å²) in [6, 6.07) is 3.72. The van der Waals surface area contributed by atoms with Crippen LogP contribution in [0.1, 0.15) is 37.9 Å². The van der Waals surface area contributed by atoms with E-state index in [1.54, 1.807) is 6.26 Å². The number of fused-ring (bicyclic) bond motifs is 1. The van der Waals surface area contributed by atoms with Crippen LogP contribution >= 0.6 is 0 Å². The van der Waals surface area contributed by atoms with Gasteiger partial charge in [0.1, 0.15) is 5.76 Å². The lowest BCUT2D eigenvalue weighted by Crippen LogP contribution is -2.35. The van der Waals surface area contributed by atoms with Crippen molar-refractivity contribution in [3.05, 3.63) is 24.2 Å². The molecule has 1 aliphatic heterocycles. The van der Waals surface area contributed by atoms with Gasteiger partial charge in [0, 0.05) is 25.1 Å². The van der Waals surface area contributed by atoms with Gasteiger partial charge < -0.3 is 14.1 Å². The third kappa shape index (κ3) is 2.81. The zero-order chi connectivity index (χ0) is 15.0. The summed E-state index contributed by atoms with van der Waals surface area (Å²) in [6.07, 6.45) is 8.45. The summed E-state index contributed by atoms with van der Waals surface area (Å²) in [5.74, 6) is 2.41. The van der Waals surface area contributed by atoms with Crippen LogP contribution < -0.4 is 0 Å². The first kappa shape index (κ1) is 14.3. The number of nitrogens with zero attached hydrogens (tertiary/aromatic N) is 1. The van der Waals surface area contributed by atoms with Crippen LogP contribution in [0.4, 0.5) is 0 Å². The normalized spacial score (nSPS) is 30.7. The molecule has 1 aromatic heterocycles. The molecule has 0 bridgehead atoms. The van der Waals surface area contributed by atoms with Crippen molar-refractivity contribution in [1.29, 1.82) is 0 Å². The third-order valence-corrected chi connectivity index (χ3v) is 5.74. The van der Waals surface area contributed by atoms with Gasteiger partial charge in [0.05, 0.1) is 19.3 Å². The van der Waals surface area contributed by atoms with Gasteiger partial charge in [0.25, 0.3) is 0 Å². The molecule has 1 amide bonds. The van der Waals surface area contributed by atoms with Crippen molar-refractivity contribution >= 4 is 5.91 Å². The van der Waals surface area contributed by atoms with Crippen LogP contribution in [0, 0.1) is 17.3 Å². The van der Waals surface area contributed by atoms with E-state index in [4.69, 9.17) is 9.15 Å². The molecule has 4 nitrogen and oxygen atoms in total. The van der Waals surface area contributed by atoms with Crippen LogP contribution in [0.2, 0.25) is 0 Å². The number of furan rings is 1. The minimum atomic E-state index is 0.200. The molecule has 2 saturated carbocycles. The van der Waals surface area contributed by atoms with E-state index >= 15 is 0 Å². The molecule has 4 heteroatoms. The van der Waals surface area contributed by atoms with E-state index < -0.39 is 0 Å². The van der Waals surface area contributed by atoms with Crippen LogP contribution in [0.5, 0.6) is 0 Å². The molecule has 2 aliphatic carbocycles. The number of ether oxygens (including phenoxy) is 1. The number of hydrogen-bond donors (Lipinski definition) is 0. The average molecular weight is 303 g/mol. The first-order valence-electron chi connectivity index (χ1n) is 8.63. The summed E-state index contributed by atoms with van der Waals surface area (Å²) in [5.41, 5.74) is 0.230. The lowest BCUT2D eigenvalue weighted by atomic mass is 9.81. The van der Waals surface area contributed by atoms with E-state index in [1.807, 2.05) is 17.0 Å². The SMILES string of the molecule is O=C(Cc1ccco1)N1C[C@H]2CCC[C@@]2(COCC2CC2)C1. The predicted molar refractivity (Wildman–Crippen MR) is 82.3 cm³/mol. The average Bonchev–Trinajstić information content (AvgIpc) is 2.89. The Bertz CT molecular complexity index is 522. The fourth-order valence-electron chi connectivity index (χ4n) is 4.23. The standard InChI is InChI=1S/C18H25NO3/c20-17(9-16-4-2-8-22-16)19-10-15-3-1-7-18(15,12-19)13-21-11-14-5-6-14/h2,4,8,14-15H,1,3,5-7,9-13H2/t15-,18+/m1/s1. The molecule has 0 unspecified atom stereocenters. The highest BCUT2D eigenvalue weighted by Crippen LogP contribution is 2.49. The minimum Gasteiger partial charge on any atom is -0.469 e. The zero-order valence-electron chi connectivity index (χ0n) is 13.1. The van der Waals surface area contributed by atoms with Crippen molar-refractivity contribution in [1.82, 2.24) is 4.90 Å². The van der Waals surface area contributed by atoms with Crippen molar-refractivity contribution in [2.75, 3.05) is 26.3 Å². The first-order valence-corrected chi connectivity index (χ1v) is 8.63. The molecular weight excluding hydrogens is 278 g/mol. The predicted octanol–water partition coefficient (Wildman–Crippen LogP) is 2.88. The Balaban J connectivity index is 1.36. The second-order valence-corrected chi connectivity index (χ2v) is 7.44. The van der Waals surface area contributed by atoms with Gasteiger partial charge in [-0.2, -0.15) is 0 Å². The molecule has 4 rings (SSSR count). The fourth-order valence-corrected chi connectivity index (χ4v) is 4.23. The molecule has 3 aliphatic rings. The molecule has 0 radical (unpaired) electrons. The van der Waals surface area contributed by atoms with Crippen molar-refractivity contribution in [2.24, 2.45) is 17.3 Å². The van der Waals surface area contributed by atoms with Crippen LogP contribution in [-0.2, 0) is 16.0 Å². The topological polar surface area (TPSA) is 42.7 Å². The quantitative estimate of drug-likeness (QED) is 0.811. The molecule has 0 spiro atoms. The van der Waals surface area contributed by atoms with Gasteiger partial charge in [-0.05, 0) is 49.7 Å². The maximum absolute atomic E-state index is 12.5. The summed E-state index contributed by atoms with van der Waals surface area (Å²) in [5, 5.41) is 0. The Morgan fingerprint density at radius 1 is 1.41 bits per heavy atom. The van der Waals surface area contributed by atoms with Crippen molar-refractivity contribution < 1.29 is 13.9 Å². The van der Waals surface area contributed by atoms with Gasteiger partial charge in [-0.15, -0.1) is 0 Å². The number of amides is 1. The van der Waals surface area contributed by atoms with Gasteiger partial charge >= 0.3 is 0 Å². The highest BCUT2D eigenvalue weighted by Gasteiger charge is 2.50. The second kappa shape index (κ2) is 5.73. The van der Waals surface area contributed by atoms with Gasteiger partial charge in [0.2, 0.25) is 5.91 Å². The fraction of sp³-hybridized carbons (Fsp3) is 0.722. The maximum Gasteiger partial charge on any atom is 0.230 e. The largest absolute Gasteiger partial charge is 0.469 e. The van der Waals surface area contributed by atoms with Crippen LogP contribution in [0.25, 0.3) is 0 Å². The van der Waals surface area contributed by atoms with E-state index in [1.165, 1.54) is 32.1 Å². The smallest absolute Gasteiger partial charge is 0.230 e. The maximum atomic E-state index is 12.5. The Morgan fingerprint density at radius 3 is 3.09 bits per heavy atom. The lowest BCUT2D eigenvalue weighted by Gasteiger charge is -2.28. The van der Waals surface area contributed by atoms with Crippen LogP contribution in [-0.4, -0.2) is 37.1 Å². The highest BCUT2D eigenvalue weighted by molar-refractivity contribution is 5.78. The first-order chi connectivity index (χ1) is 10.8. The van der Waals surface area contributed by atoms with Gasteiger partial charge in [0.15, 0.2) is 0 Å². The molecule has 2 heterocycles. The summed E-state index contributed by atoms with van der Waals surface area (Å²) in [7, 11) is 0. The molecule has 1 aromatic rings. The summed E-state index contributed by atoms with van der Waals surface area (Å²) < 4.78 is 11.3. The van der Waals surface area contributed by atoms with Gasteiger partial charge in [-0.3, -0.25) is 4.79 Å². The number of rotatable bonds is 6. The Morgan fingerprint density at radius 2 is 2.32 bits per heavy atom. The molecule has 0 N–H and O–H groups in total.